The van der Waals surface area contributed by atoms with Gasteiger partial charge < -0.3 is 9.64 Å². The van der Waals surface area contributed by atoms with E-state index < -0.39 is 5.97 Å². The zero-order valence-electron chi connectivity index (χ0n) is 10.1. The van der Waals surface area contributed by atoms with Crippen molar-refractivity contribution >= 4 is 17.8 Å². The van der Waals surface area contributed by atoms with E-state index in [0.29, 0.717) is 0 Å². The predicted molar refractivity (Wildman–Crippen MR) is 62.9 cm³/mol. The number of anilines is 1. The van der Waals surface area contributed by atoms with Crippen LogP contribution >= 0.6 is 0 Å². The third-order valence-corrected chi connectivity index (χ3v) is 1.93. The van der Waals surface area contributed by atoms with Gasteiger partial charge in [-0.25, -0.2) is 14.6 Å². The molecule has 1 rings (SSSR count). The molecule has 1 aromatic heterocycles. The Morgan fingerprint density at radius 3 is 2.76 bits per heavy atom. The highest BCUT2D eigenvalue weighted by Crippen LogP contribution is 2.13. The summed E-state index contributed by atoms with van der Waals surface area (Å²) in [6, 6.07) is 2.81. The lowest BCUT2D eigenvalue weighted by molar-refractivity contribution is 0.0527. The van der Waals surface area contributed by atoms with Gasteiger partial charge in [0.15, 0.2) is 0 Å². The molecule has 92 valence electrons. The summed E-state index contributed by atoms with van der Waals surface area (Å²) in [7, 11) is 3.20. The minimum absolute atomic E-state index is 0.199. The normalized spacial score (nSPS) is 9.59. The number of hydrogen-bond donors (Lipinski definition) is 1. The molecular weight excluding hydrogens is 222 g/mol. The number of esters is 1. The Kier molecular flexibility index (Phi) is 4.45. The van der Waals surface area contributed by atoms with Crippen LogP contribution in [0.2, 0.25) is 0 Å². The van der Waals surface area contributed by atoms with E-state index in [1.54, 1.807) is 33.2 Å². The van der Waals surface area contributed by atoms with Crippen LogP contribution in [0.1, 0.15) is 17.3 Å². The van der Waals surface area contributed by atoms with Crippen LogP contribution in [0, 0.1) is 0 Å². The first-order valence-corrected chi connectivity index (χ1v) is 5.16. The highest BCUT2D eigenvalue weighted by Gasteiger charge is 2.15. The first-order valence-electron chi connectivity index (χ1n) is 5.16. The van der Waals surface area contributed by atoms with Crippen molar-refractivity contribution in [1.82, 2.24) is 9.88 Å². The Bertz CT molecular complexity index is 418. The van der Waals surface area contributed by atoms with Crippen molar-refractivity contribution in [2.45, 2.75) is 6.92 Å². The van der Waals surface area contributed by atoms with Crippen LogP contribution in [0.25, 0.3) is 0 Å². The second kappa shape index (κ2) is 5.83. The fourth-order valence-corrected chi connectivity index (χ4v) is 1.09. The van der Waals surface area contributed by atoms with E-state index in [0.717, 1.165) is 0 Å². The Hall–Kier alpha value is -2.11. The largest absolute Gasteiger partial charge is 0.462 e. The number of ether oxygens (including phenoxy) is 1. The van der Waals surface area contributed by atoms with Crippen LogP contribution in [-0.4, -0.2) is 42.6 Å². The standard InChI is InChI=1S/C11H15N3O3/c1-4-17-10(15)8-6-5-7-12-9(8)13-11(16)14(2)3/h5-7H,4H2,1-3H3,(H,12,13,16). The van der Waals surface area contributed by atoms with Crippen molar-refractivity contribution in [2.24, 2.45) is 0 Å². The Labute approximate surface area is 99.6 Å². The van der Waals surface area contributed by atoms with E-state index >= 15 is 0 Å². The summed E-state index contributed by atoms with van der Waals surface area (Å²) in [5.74, 6) is -0.306. The van der Waals surface area contributed by atoms with Gasteiger partial charge in [-0.05, 0) is 19.1 Å². The van der Waals surface area contributed by atoms with Crippen LogP contribution in [0.4, 0.5) is 10.6 Å². The molecule has 0 saturated carbocycles. The molecule has 0 spiro atoms. The lowest BCUT2D eigenvalue weighted by Gasteiger charge is -2.13. The molecule has 1 aromatic rings. The molecule has 0 aromatic carbocycles. The topological polar surface area (TPSA) is 71.5 Å². The molecule has 0 radical (unpaired) electrons. The van der Waals surface area contributed by atoms with Gasteiger partial charge in [0, 0.05) is 20.3 Å². The second-order valence-electron chi connectivity index (χ2n) is 3.44. The van der Waals surface area contributed by atoms with Gasteiger partial charge in [-0.2, -0.15) is 0 Å². The van der Waals surface area contributed by atoms with E-state index in [9.17, 15) is 9.59 Å². The van der Waals surface area contributed by atoms with Crippen LogP contribution < -0.4 is 5.32 Å². The molecule has 0 aliphatic carbocycles. The maximum atomic E-state index is 11.6. The summed E-state index contributed by atoms with van der Waals surface area (Å²) in [6.07, 6.45) is 1.49. The molecule has 0 unspecified atom stereocenters. The number of hydrogen-bond acceptors (Lipinski definition) is 4. The lowest BCUT2D eigenvalue weighted by atomic mass is 10.2. The molecule has 0 atom stereocenters. The Morgan fingerprint density at radius 2 is 2.18 bits per heavy atom. The van der Waals surface area contributed by atoms with Gasteiger partial charge in [0.05, 0.1) is 6.61 Å². The maximum Gasteiger partial charge on any atom is 0.341 e. The Balaban J connectivity index is 2.92. The van der Waals surface area contributed by atoms with Gasteiger partial charge >= 0.3 is 12.0 Å². The van der Waals surface area contributed by atoms with Crippen molar-refractivity contribution in [1.29, 1.82) is 0 Å². The third-order valence-electron chi connectivity index (χ3n) is 1.93. The van der Waals surface area contributed by atoms with Gasteiger partial charge in [0.25, 0.3) is 0 Å². The van der Waals surface area contributed by atoms with E-state index in [2.05, 4.69) is 10.3 Å². The Morgan fingerprint density at radius 1 is 1.47 bits per heavy atom. The summed E-state index contributed by atoms with van der Waals surface area (Å²) in [5.41, 5.74) is 0.240. The molecule has 1 heterocycles. The number of urea groups is 1. The first-order chi connectivity index (χ1) is 8.06. The minimum atomic E-state index is -0.505. The fraction of sp³-hybridized carbons (Fsp3) is 0.364. The molecule has 1 N–H and O–H groups in total. The second-order valence-corrected chi connectivity index (χ2v) is 3.44. The number of carbonyl (C=O) groups is 2. The summed E-state index contributed by atoms with van der Waals surface area (Å²) >= 11 is 0. The minimum Gasteiger partial charge on any atom is -0.462 e. The van der Waals surface area contributed by atoms with Crippen LogP contribution in [0.5, 0.6) is 0 Å². The zero-order valence-corrected chi connectivity index (χ0v) is 10.1. The van der Waals surface area contributed by atoms with Crippen LogP contribution in [0.3, 0.4) is 0 Å². The summed E-state index contributed by atoms with van der Waals surface area (Å²) in [6.45, 7) is 1.99. The summed E-state index contributed by atoms with van der Waals surface area (Å²) in [5, 5.41) is 2.52. The monoisotopic (exact) mass is 237 g/mol. The van der Waals surface area contributed by atoms with E-state index in [4.69, 9.17) is 4.74 Å². The third kappa shape index (κ3) is 3.44. The molecule has 0 aliphatic rings. The molecule has 6 nitrogen and oxygen atoms in total. The number of carbonyl (C=O) groups excluding carboxylic acids is 2. The zero-order chi connectivity index (χ0) is 12.8. The van der Waals surface area contributed by atoms with Crippen molar-refractivity contribution < 1.29 is 14.3 Å². The number of amides is 2. The smallest absolute Gasteiger partial charge is 0.341 e. The number of rotatable bonds is 3. The molecule has 0 fully saturated rings. The van der Waals surface area contributed by atoms with Crippen LogP contribution in [0.15, 0.2) is 18.3 Å². The first kappa shape index (κ1) is 13.0. The molecule has 6 heteroatoms. The molecule has 0 bridgehead atoms. The van der Waals surface area contributed by atoms with Crippen molar-refractivity contribution in [3.05, 3.63) is 23.9 Å². The highest BCUT2D eigenvalue weighted by molar-refractivity contribution is 5.99. The van der Waals surface area contributed by atoms with E-state index in [1.807, 2.05) is 0 Å². The number of pyridine rings is 1. The lowest BCUT2D eigenvalue weighted by Crippen LogP contribution is -2.28. The summed E-state index contributed by atoms with van der Waals surface area (Å²) < 4.78 is 4.87. The van der Waals surface area contributed by atoms with Gasteiger partial charge in [-0.15, -0.1) is 0 Å². The average Bonchev–Trinajstić information content (AvgIpc) is 2.29. The van der Waals surface area contributed by atoms with Gasteiger partial charge in [-0.1, -0.05) is 0 Å². The number of nitrogens with one attached hydrogen (secondary N) is 1. The van der Waals surface area contributed by atoms with Gasteiger partial charge in [-0.3, -0.25) is 5.32 Å². The van der Waals surface area contributed by atoms with E-state index in [-0.39, 0.29) is 24.0 Å². The highest BCUT2D eigenvalue weighted by atomic mass is 16.5. The molecule has 17 heavy (non-hydrogen) atoms. The van der Waals surface area contributed by atoms with Crippen molar-refractivity contribution in [2.75, 3.05) is 26.0 Å². The van der Waals surface area contributed by atoms with E-state index in [1.165, 1.54) is 11.1 Å². The molecular formula is C11H15N3O3. The van der Waals surface area contributed by atoms with Crippen molar-refractivity contribution in [3.8, 4) is 0 Å². The maximum absolute atomic E-state index is 11.6. The molecule has 0 aliphatic heterocycles. The summed E-state index contributed by atoms with van der Waals surface area (Å²) in [4.78, 5) is 28.4. The van der Waals surface area contributed by atoms with Gasteiger partial charge in [0.2, 0.25) is 0 Å². The fourth-order valence-electron chi connectivity index (χ4n) is 1.09. The quantitative estimate of drug-likeness (QED) is 0.805. The average molecular weight is 237 g/mol. The SMILES string of the molecule is CCOC(=O)c1cccnc1NC(=O)N(C)C. The van der Waals surface area contributed by atoms with Gasteiger partial charge in [0.1, 0.15) is 11.4 Å². The van der Waals surface area contributed by atoms with Crippen molar-refractivity contribution in [3.63, 3.8) is 0 Å². The van der Waals surface area contributed by atoms with Crippen LogP contribution in [-0.2, 0) is 4.74 Å². The predicted octanol–water partition coefficient (Wildman–Crippen LogP) is 1.35. The number of aromatic nitrogens is 1. The molecule has 0 saturated heterocycles. The number of nitrogens with zero attached hydrogens (tertiary/aromatic N) is 2. The molecule has 2 amide bonds.